The highest BCUT2D eigenvalue weighted by molar-refractivity contribution is 6.03. The lowest BCUT2D eigenvalue weighted by Gasteiger charge is -2.25. The van der Waals surface area contributed by atoms with E-state index in [9.17, 15) is 0 Å². The van der Waals surface area contributed by atoms with Gasteiger partial charge >= 0.3 is 0 Å². The Morgan fingerprint density at radius 2 is 1.32 bits per heavy atom. The van der Waals surface area contributed by atoms with Crippen LogP contribution in [0.25, 0.3) is 0 Å². The van der Waals surface area contributed by atoms with Crippen LogP contribution >= 0.6 is 0 Å². The summed E-state index contributed by atoms with van der Waals surface area (Å²) in [5, 5.41) is 0. The number of para-hydroxylation sites is 2. The van der Waals surface area contributed by atoms with Gasteiger partial charge in [0.2, 0.25) is 5.69 Å². The molecule has 0 fully saturated rings. The van der Waals surface area contributed by atoms with Crippen LogP contribution < -0.4 is 23.5 Å². The zero-order valence-corrected chi connectivity index (χ0v) is 23.7. The predicted molar refractivity (Wildman–Crippen MR) is 143 cm³/mol. The Labute approximate surface area is 228 Å². The number of anilines is 1. The van der Waals surface area contributed by atoms with Gasteiger partial charge in [-0.15, -0.1) is 10.2 Å². The predicted octanol–water partition coefficient (Wildman–Crippen LogP) is 2.70. The van der Waals surface area contributed by atoms with Gasteiger partial charge in [0.1, 0.15) is 6.54 Å². The fourth-order valence-electron chi connectivity index (χ4n) is 5.45. The first kappa shape index (κ1) is 29.6. The summed E-state index contributed by atoms with van der Waals surface area (Å²) >= 11 is 0. The molecule has 0 unspecified atom stereocenters. The molecule has 0 aliphatic carbocycles. The number of halogens is 1. The number of rotatable bonds is 6. The minimum atomic E-state index is -4.94. The molecule has 7 heteroatoms. The van der Waals surface area contributed by atoms with Crippen molar-refractivity contribution in [3.63, 3.8) is 0 Å². The van der Waals surface area contributed by atoms with Crippen molar-refractivity contribution in [2.75, 3.05) is 18.0 Å². The standard InChI is InChI=1S/C31H37N2.ClHO4/c1-7-32-26-20-16-14-18-24(26)30(3,4)28(32)22-12-10-9-11-13-23-29-31(5,6)25-19-15-17-21-27(25)33(29)8-2;2-1(3,4)5/h9-23H,7-8H2,1-6H3;(H,2,3,4,5)/q+1;/p-1. The van der Waals surface area contributed by atoms with Gasteiger partial charge in [-0.1, -0.05) is 80.6 Å². The molecule has 202 valence electrons. The molecule has 38 heavy (non-hydrogen) atoms. The molecule has 0 saturated carbocycles. The second-order valence-electron chi connectivity index (χ2n) is 10.2. The van der Waals surface area contributed by atoms with Crippen molar-refractivity contribution >= 4 is 17.1 Å². The molecule has 0 atom stereocenters. The van der Waals surface area contributed by atoms with Crippen LogP contribution in [0.1, 0.15) is 52.7 Å². The molecular weight excluding hydrogens is 500 g/mol. The van der Waals surface area contributed by atoms with Crippen molar-refractivity contribution in [2.45, 2.75) is 52.4 Å². The first-order valence-electron chi connectivity index (χ1n) is 12.8. The Kier molecular flexibility index (Phi) is 9.18. The van der Waals surface area contributed by atoms with Crippen LogP contribution in [0, 0.1) is 10.2 Å². The van der Waals surface area contributed by atoms with E-state index in [1.807, 2.05) is 0 Å². The third kappa shape index (κ3) is 6.34. The van der Waals surface area contributed by atoms with Gasteiger partial charge in [-0.05, 0) is 45.4 Å². The number of likely N-dealkylation sites (N-methyl/N-ethyl adjacent to an activating group) is 1. The molecule has 2 aromatic carbocycles. The molecule has 2 aliphatic heterocycles. The topological polar surface area (TPSA) is 98.5 Å². The molecule has 4 rings (SSSR count). The molecule has 0 saturated heterocycles. The van der Waals surface area contributed by atoms with Crippen LogP contribution in [0.3, 0.4) is 0 Å². The monoisotopic (exact) mass is 536 g/mol. The van der Waals surface area contributed by atoms with E-state index in [0.717, 1.165) is 13.1 Å². The summed E-state index contributed by atoms with van der Waals surface area (Å²) in [5.41, 5.74) is 8.22. The van der Waals surface area contributed by atoms with Gasteiger partial charge in [-0.3, -0.25) is 0 Å². The summed E-state index contributed by atoms with van der Waals surface area (Å²) in [4.78, 5) is 2.43. The maximum atomic E-state index is 8.49. The number of nitrogens with zero attached hydrogens (tertiary/aromatic N) is 2. The first-order chi connectivity index (χ1) is 17.8. The van der Waals surface area contributed by atoms with E-state index < -0.39 is 10.2 Å². The molecule has 0 amide bonds. The van der Waals surface area contributed by atoms with Crippen molar-refractivity contribution in [3.8, 4) is 0 Å². The minimum Gasteiger partial charge on any atom is -0.344 e. The number of allylic oxidation sites excluding steroid dienone is 8. The van der Waals surface area contributed by atoms with Gasteiger partial charge in [-0.25, -0.2) is 18.6 Å². The highest BCUT2D eigenvalue weighted by Crippen LogP contribution is 2.47. The molecule has 2 aromatic rings. The van der Waals surface area contributed by atoms with Gasteiger partial charge in [0, 0.05) is 41.1 Å². The number of hydrogen-bond acceptors (Lipinski definition) is 5. The number of benzene rings is 2. The average molecular weight is 537 g/mol. The maximum Gasteiger partial charge on any atom is 0.209 e. The van der Waals surface area contributed by atoms with Crippen molar-refractivity contribution < 1.29 is 33.5 Å². The lowest BCUT2D eigenvalue weighted by Crippen LogP contribution is -2.68. The molecule has 0 radical (unpaired) electrons. The van der Waals surface area contributed by atoms with Gasteiger partial charge < -0.3 is 4.90 Å². The molecule has 0 N–H and O–H groups in total. The zero-order valence-electron chi connectivity index (χ0n) is 23.0. The van der Waals surface area contributed by atoms with Crippen LogP contribution in [0.4, 0.5) is 11.4 Å². The van der Waals surface area contributed by atoms with Crippen molar-refractivity contribution in [1.29, 1.82) is 0 Å². The Morgan fingerprint density at radius 3 is 1.95 bits per heavy atom. The summed E-state index contributed by atoms with van der Waals surface area (Å²) in [6.45, 7) is 15.7. The molecule has 0 bridgehead atoms. The SMILES string of the molecule is CCN1/C(=C/C=C/C=C/C=C/C2=[N+](CC)c3ccccc3C2(C)C)C(C)(C)c2ccccc21.[O-][Cl+3]([O-])([O-])[O-]. The molecule has 0 aromatic heterocycles. The smallest absolute Gasteiger partial charge is 0.209 e. The van der Waals surface area contributed by atoms with Gasteiger partial charge in [0.05, 0.1) is 5.41 Å². The number of hydrogen-bond donors (Lipinski definition) is 0. The Bertz CT molecular complexity index is 1290. The first-order valence-corrected chi connectivity index (χ1v) is 14.0. The summed E-state index contributed by atoms with van der Waals surface area (Å²) in [6, 6.07) is 17.5. The zero-order chi connectivity index (χ0) is 28.1. The largest absolute Gasteiger partial charge is 0.344 e. The van der Waals surface area contributed by atoms with Crippen molar-refractivity contribution in [1.82, 2.24) is 0 Å². The quantitative estimate of drug-likeness (QED) is 0.417. The van der Waals surface area contributed by atoms with E-state index in [2.05, 4.69) is 142 Å². The minimum absolute atomic E-state index is 0.0177. The molecule has 2 heterocycles. The van der Waals surface area contributed by atoms with E-state index in [-0.39, 0.29) is 10.8 Å². The Balaban J connectivity index is 0.000000732. The Morgan fingerprint density at radius 1 is 0.763 bits per heavy atom. The van der Waals surface area contributed by atoms with Crippen LogP contribution in [-0.2, 0) is 10.8 Å². The van der Waals surface area contributed by atoms with Crippen molar-refractivity contribution in [2.24, 2.45) is 0 Å². The number of fused-ring (bicyclic) bond motifs is 2. The van der Waals surface area contributed by atoms with Gasteiger partial charge in [0.25, 0.3) is 0 Å². The van der Waals surface area contributed by atoms with Crippen LogP contribution in [-0.4, -0.2) is 23.4 Å². The van der Waals surface area contributed by atoms with E-state index in [0.29, 0.717) is 0 Å². The summed E-state index contributed by atoms with van der Waals surface area (Å²) in [5.74, 6) is 0. The molecular formula is C31H37ClN2O4. The average Bonchev–Trinajstić information content (AvgIpc) is 3.21. The third-order valence-corrected chi connectivity index (χ3v) is 7.18. The molecule has 2 aliphatic rings. The second-order valence-corrected chi connectivity index (χ2v) is 11.0. The summed E-state index contributed by atoms with van der Waals surface area (Å²) < 4.78 is 36.4. The molecule has 0 spiro atoms. The van der Waals surface area contributed by atoms with E-state index in [1.54, 1.807) is 0 Å². The fourth-order valence-corrected chi connectivity index (χ4v) is 5.45. The van der Waals surface area contributed by atoms with Crippen LogP contribution in [0.2, 0.25) is 0 Å². The summed E-state index contributed by atoms with van der Waals surface area (Å²) in [7, 11) is -4.94. The van der Waals surface area contributed by atoms with E-state index in [1.165, 1.54) is 33.9 Å². The van der Waals surface area contributed by atoms with Crippen molar-refractivity contribution in [3.05, 3.63) is 108 Å². The third-order valence-electron chi connectivity index (χ3n) is 7.18. The van der Waals surface area contributed by atoms with E-state index in [4.69, 9.17) is 18.6 Å². The van der Waals surface area contributed by atoms with Crippen LogP contribution in [0.5, 0.6) is 0 Å². The van der Waals surface area contributed by atoms with Gasteiger partial charge in [-0.2, -0.15) is 4.58 Å². The van der Waals surface area contributed by atoms with E-state index >= 15 is 0 Å². The Hall–Kier alpha value is -3.00. The molecule has 6 nitrogen and oxygen atoms in total. The normalized spacial score (nSPS) is 19.0. The lowest BCUT2D eigenvalue weighted by molar-refractivity contribution is -2.00. The summed E-state index contributed by atoms with van der Waals surface area (Å²) in [6.07, 6.45) is 15.2. The maximum absolute atomic E-state index is 8.49. The lowest BCUT2D eigenvalue weighted by atomic mass is 9.81. The second kappa shape index (κ2) is 11.8. The highest BCUT2D eigenvalue weighted by Gasteiger charge is 2.43. The van der Waals surface area contributed by atoms with Gasteiger partial charge in [0.15, 0.2) is 5.71 Å². The fraction of sp³-hybridized carbons (Fsp3) is 0.323. The highest BCUT2D eigenvalue weighted by atomic mass is 35.7. The van der Waals surface area contributed by atoms with Crippen LogP contribution in [0.15, 0.2) is 96.8 Å².